The molecule has 19 heavy (non-hydrogen) atoms. The van der Waals surface area contributed by atoms with Crippen molar-refractivity contribution in [2.45, 2.75) is 89.4 Å². The van der Waals surface area contributed by atoms with Crippen molar-refractivity contribution in [3.05, 3.63) is 0 Å². The number of hydrogen-bond acceptors (Lipinski definition) is 3. The summed E-state index contributed by atoms with van der Waals surface area (Å²) in [6.07, 6.45) is 7.77. The highest BCUT2D eigenvalue weighted by Crippen LogP contribution is 2.18. The zero-order valence-electron chi connectivity index (χ0n) is 12.3. The Hall–Kier alpha value is -0.130. The molecule has 0 aliphatic heterocycles. The van der Waals surface area contributed by atoms with Crippen molar-refractivity contribution in [3.63, 3.8) is 0 Å². The van der Waals surface area contributed by atoms with Crippen LogP contribution in [0.25, 0.3) is 0 Å². The number of unbranched alkanes of at least 4 members (excludes halogenated alkanes) is 3. The first-order chi connectivity index (χ1) is 8.91. The smallest absolute Gasteiger partial charge is 0.267 e. The van der Waals surface area contributed by atoms with E-state index in [-0.39, 0.29) is 6.10 Å². The van der Waals surface area contributed by atoms with Gasteiger partial charge in [-0.05, 0) is 25.7 Å². The summed E-state index contributed by atoms with van der Waals surface area (Å²) >= 11 is 0. The first-order valence-electron chi connectivity index (χ1n) is 7.56. The summed E-state index contributed by atoms with van der Waals surface area (Å²) in [5.74, 6) is 0. The molecule has 0 saturated carbocycles. The molecule has 0 aliphatic rings. The van der Waals surface area contributed by atoms with Crippen LogP contribution in [0.2, 0.25) is 0 Å². The van der Waals surface area contributed by atoms with Crippen LogP contribution in [0, 0.1) is 0 Å². The van der Waals surface area contributed by atoms with Gasteiger partial charge in [0.1, 0.15) is 0 Å². The Kier molecular flexibility index (Phi) is 10.6. The van der Waals surface area contributed by atoms with E-state index < -0.39 is 15.4 Å². The van der Waals surface area contributed by atoms with Crippen LogP contribution in [0.1, 0.15) is 78.1 Å². The molecule has 0 saturated heterocycles. The molecule has 0 rings (SSSR count). The van der Waals surface area contributed by atoms with E-state index in [9.17, 15) is 13.5 Å². The largest absolute Gasteiger partial charge is 0.393 e. The van der Waals surface area contributed by atoms with E-state index in [0.717, 1.165) is 51.4 Å². The first-order valence-corrected chi connectivity index (χ1v) is 9.06. The maximum Gasteiger partial charge on any atom is 0.267 e. The van der Waals surface area contributed by atoms with E-state index in [1.165, 1.54) is 0 Å². The minimum Gasteiger partial charge on any atom is -0.393 e. The molecular weight excluding hydrogens is 264 g/mol. The van der Waals surface area contributed by atoms with Gasteiger partial charge in [0.2, 0.25) is 0 Å². The van der Waals surface area contributed by atoms with Gasteiger partial charge in [0.05, 0.1) is 11.4 Å². The third-order valence-corrected chi connectivity index (χ3v) is 4.82. The molecule has 116 valence electrons. The summed E-state index contributed by atoms with van der Waals surface area (Å²) in [6.45, 7) is 4.10. The van der Waals surface area contributed by atoms with E-state index in [1.807, 2.05) is 6.92 Å². The second kappa shape index (κ2) is 10.6. The van der Waals surface area contributed by atoms with Crippen molar-refractivity contribution in [2.24, 2.45) is 0 Å². The van der Waals surface area contributed by atoms with E-state index in [0.29, 0.717) is 12.8 Å². The fourth-order valence-corrected chi connectivity index (χ4v) is 3.14. The molecule has 0 amide bonds. The molecule has 0 bridgehead atoms. The highest BCUT2D eigenvalue weighted by atomic mass is 32.2. The number of hydrogen-bond donors (Lipinski definition) is 2. The van der Waals surface area contributed by atoms with Gasteiger partial charge in [-0.3, -0.25) is 4.55 Å². The Balaban J connectivity index is 3.87. The summed E-state index contributed by atoms with van der Waals surface area (Å²) in [5, 5.41) is 9.05. The first kappa shape index (κ1) is 18.9. The molecule has 2 atom stereocenters. The molecule has 0 aromatic carbocycles. The average Bonchev–Trinajstić information content (AvgIpc) is 2.33. The van der Waals surface area contributed by atoms with Crippen LogP contribution >= 0.6 is 0 Å². The van der Waals surface area contributed by atoms with Gasteiger partial charge in [-0.1, -0.05) is 52.4 Å². The number of rotatable bonds is 12. The standard InChI is InChI=1S/C14H30O4S/c1-3-5-9-13(15)10-7-8-12-14(11-6-4-2)19(16,17)18/h13-15H,3-12H2,1-2H3,(H,16,17,18). The summed E-state index contributed by atoms with van der Waals surface area (Å²) in [4.78, 5) is 0. The molecule has 0 spiro atoms. The van der Waals surface area contributed by atoms with Gasteiger partial charge in [0, 0.05) is 0 Å². The Morgan fingerprint density at radius 2 is 1.26 bits per heavy atom. The maximum atomic E-state index is 11.2. The second-order valence-corrected chi connectivity index (χ2v) is 7.06. The monoisotopic (exact) mass is 294 g/mol. The zero-order chi connectivity index (χ0) is 14.7. The minimum absolute atomic E-state index is 0.264. The lowest BCUT2D eigenvalue weighted by atomic mass is 10.0. The van der Waals surface area contributed by atoms with Crippen molar-refractivity contribution in [1.29, 1.82) is 0 Å². The lowest BCUT2D eigenvalue weighted by molar-refractivity contribution is 0.148. The topological polar surface area (TPSA) is 74.6 Å². The Labute approximate surface area is 118 Å². The molecule has 2 unspecified atom stereocenters. The summed E-state index contributed by atoms with van der Waals surface area (Å²) in [7, 11) is -3.91. The van der Waals surface area contributed by atoms with Crippen LogP contribution < -0.4 is 0 Å². The van der Waals surface area contributed by atoms with Gasteiger partial charge < -0.3 is 5.11 Å². The molecular formula is C14H30O4S. The third kappa shape index (κ3) is 10.3. The van der Waals surface area contributed by atoms with Crippen LogP contribution in [0.3, 0.4) is 0 Å². The van der Waals surface area contributed by atoms with E-state index >= 15 is 0 Å². The average molecular weight is 294 g/mol. The van der Waals surface area contributed by atoms with Gasteiger partial charge in [0.25, 0.3) is 10.1 Å². The van der Waals surface area contributed by atoms with Gasteiger partial charge in [0.15, 0.2) is 0 Å². The van der Waals surface area contributed by atoms with Crippen LogP contribution in [0.5, 0.6) is 0 Å². The van der Waals surface area contributed by atoms with E-state index in [2.05, 4.69) is 6.92 Å². The molecule has 5 heteroatoms. The van der Waals surface area contributed by atoms with Crippen LogP contribution in [0.15, 0.2) is 0 Å². The summed E-state index contributed by atoms with van der Waals surface area (Å²) in [5.41, 5.74) is 0. The minimum atomic E-state index is -3.91. The van der Waals surface area contributed by atoms with Crippen molar-refractivity contribution in [2.75, 3.05) is 0 Å². The van der Waals surface area contributed by atoms with Crippen molar-refractivity contribution >= 4 is 10.1 Å². The predicted molar refractivity (Wildman–Crippen MR) is 78.9 cm³/mol. The molecule has 0 aromatic rings. The van der Waals surface area contributed by atoms with E-state index in [4.69, 9.17) is 4.55 Å². The van der Waals surface area contributed by atoms with Crippen molar-refractivity contribution < 1.29 is 18.1 Å². The molecule has 0 heterocycles. The predicted octanol–water partition coefficient (Wildman–Crippen LogP) is 3.54. The quantitative estimate of drug-likeness (QED) is 0.426. The molecule has 0 fully saturated rings. The Morgan fingerprint density at radius 3 is 1.79 bits per heavy atom. The van der Waals surface area contributed by atoms with Crippen LogP contribution in [0.4, 0.5) is 0 Å². The Morgan fingerprint density at radius 1 is 0.842 bits per heavy atom. The maximum absolute atomic E-state index is 11.2. The van der Waals surface area contributed by atoms with Crippen LogP contribution in [-0.2, 0) is 10.1 Å². The zero-order valence-corrected chi connectivity index (χ0v) is 13.2. The lowest BCUT2D eigenvalue weighted by Gasteiger charge is -2.14. The molecule has 0 aliphatic carbocycles. The van der Waals surface area contributed by atoms with Gasteiger partial charge in [-0.25, -0.2) is 0 Å². The van der Waals surface area contributed by atoms with Crippen molar-refractivity contribution in [3.8, 4) is 0 Å². The Bertz CT molecular complexity index is 301. The molecule has 0 aromatic heterocycles. The van der Waals surface area contributed by atoms with Crippen LogP contribution in [-0.4, -0.2) is 29.4 Å². The highest BCUT2D eigenvalue weighted by Gasteiger charge is 2.21. The van der Waals surface area contributed by atoms with Gasteiger partial charge in [-0.2, -0.15) is 8.42 Å². The SMILES string of the molecule is CCCCC(O)CCCCC(CCCC)S(=O)(=O)O. The molecule has 0 radical (unpaired) electrons. The number of aliphatic hydroxyl groups excluding tert-OH is 1. The molecule has 2 N–H and O–H groups in total. The van der Waals surface area contributed by atoms with Gasteiger partial charge >= 0.3 is 0 Å². The van der Waals surface area contributed by atoms with E-state index in [1.54, 1.807) is 0 Å². The lowest BCUT2D eigenvalue weighted by Crippen LogP contribution is -2.20. The fourth-order valence-electron chi connectivity index (χ4n) is 2.21. The van der Waals surface area contributed by atoms with Crippen molar-refractivity contribution in [1.82, 2.24) is 0 Å². The summed E-state index contributed by atoms with van der Waals surface area (Å²) in [6, 6.07) is 0. The normalized spacial score (nSPS) is 15.4. The highest BCUT2D eigenvalue weighted by molar-refractivity contribution is 7.86. The molecule has 4 nitrogen and oxygen atoms in total. The summed E-state index contributed by atoms with van der Waals surface area (Å²) < 4.78 is 31.6. The van der Waals surface area contributed by atoms with Gasteiger partial charge in [-0.15, -0.1) is 0 Å². The third-order valence-electron chi connectivity index (χ3n) is 3.51. The second-order valence-electron chi connectivity index (χ2n) is 5.36. The number of aliphatic hydroxyl groups is 1. The fraction of sp³-hybridized carbons (Fsp3) is 1.00.